The summed E-state index contributed by atoms with van der Waals surface area (Å²) >= 11 is 0. The molecule has 23 heavy (non-hydrogen) atoms. The number of rotatable bonds is 4. The molecule has 1 aliphatic heterocycles. The summed E-state index contributed by atoms with van der Waals surface area (Å²) < 4.78 is 0. The maximum atomic E-state index is 9.01. The molecule has 0 unspecified atom stereocenters. The molecule has 4 nitrogen and oxygen atoms in total. The summed E-state index contributed by atoms with van der Waals surface area (Å²) in [5, 5.41) is 9.01. The van der Waals surface area contributed by atoms with Gasteiger partial charge in [-0.1, -0.05) is 12.1 Å². The predicted octanol–water partition coefficient (Wildman–Crippen LogP) is 2.66. The fourth-order valence-electron chi connectivity index (χ4n) is 3.08. The smallest absolute Gasteiger partial charge is 0.0991 e. The second kappa shape index (κ2) is 7.87. The third-order valence-corrected chi connectivity index (χ3v) is 4.30. The van der Waals surface area contributed by atoms with Crippen molar-refractivity contribution in [2.75, 3.05) is 26.2 Å². The van der Waals surface area contributed by atoms with E-state index in [-0.39, 0.29) is 0 Å². The summed E-state index contributed by atoms with van der Waals surface area (Å²) in [6, 6.07) is 14.4. The summed E-state index contributed by atoms with van der Waals surface area (Å²) in [5.41, 5.74) is 3.30. The molecule has 0 saturated carbocycles. The molecule has 1 saturated heterocycles. The molecular weight excluding hydrogens is 284 g/mol. The van der Waals surface area contributed by atoms with Crippen molar-refractivity contribution in [3.8, 4) is 6.07 Å². The molecule has 0 amide bonds. The van der Waals surface area contributed by atoms with Gasteiger partial charge in [0, 0.05) is 38.6 Å². The van der Waals surface area contributed by atoms with Crippen LogP contribution in [0.5, 0.6) is 0 Å². The first kappa shape index (κ1) is 15.7. The van der Waals surface area contributed by atoms with E-state index in [1.807, 2.05) is 30.6 Å². The van der Waals surface area contributed by atoms with Crippen LogP contribution in [-0.4, -0.2) is 41.0 Å². The average molecular weight is 306 g/mol. The Morgan fingerprint density at radius 2 is 1.61 bits per heavy atom. The van der Waals surface area contributed by atoms with Crippen LogP contribution in [0.1, 0.15) is 23.1 Å². The van der Waals surface area contributed by atoms with Crippen molar-refractivity contribution in [2.24, 2.45) is 0 Å². The van der Waals surface area contributed by atoms with Gasteiger partial charge in [-0.15, -0.1) is 0 Å². The van der Waals surface area contributed by atoms with Crippen LogP contribution in [0, 0.1) is 11.3 Å². The van der Waals surface area contributed by atoms with Gasteiger partial charge in [-0.3, -0.25) is 14.8 Å². The maximum Gasteiger partial charge on any atom is 0.0991 e. The van der Waals surface area contributed by atoms with Gasteiger partial charge in [0.05, 0.1) is 11.6 Å². The lowest BCUT2D eigenvalue weighted by Gasteiger charge is -2.22. The molecule has 0 atom stereocenters. The quantitative estimate of drug-likeness (QED) is 0.871. The third kappa shape index (κ3) is 4.62. The van der Waals surface area contributed by atoms with Crippen LogP contribution < -0.4 is 0 Å². The van der Waals surface area contributed by atoms with E-state index >= 15 is 0 Å². The topological polar surface area (TPSA) is 43.2 Å². The number of benzene rings is 1. The molecule has 1 aliphatic rings. The largest absolute Gasteiger partial charge is 0.298 e. The SMILES string of the molecule is N#Cc1cccc(CN2CCCN(Cc3ccncc3)CC2)c1. The van der Waals surface area contributed by atoms with Crippen molar-refractivity contribution in [2.45, 2.75) is 19.5 Å². The second-order valence-corrected chi connectivity index (χ2v) is 6.07. The van der Waals surface area contributed by atoms with E-state index in [2.05, 4.69) is 39.1 Å². The van der Waals surface area contributed by atoms with Crippen molar-refractivity contribution in [1.82, 2.24) is 14.8 Å². The first-order valence-corrected chi connectivity index (χ1v) is 8.16. The summed E-state index contributed by atoms with van der Waals surface area (Å²) in [5.74, 6) is 0. The van der Waals surface area contributed by atoms with E-state index in [0.29, 0.717) is 0 Å². The highest BCUT2D eigenvalue weighted by Crippen LogP contribution is 2.12. The van der Waals surface area contributed by atoms with Gasteiger partial charge >= 0.3 is 0 Å². The minimum atomic E-state index is 0.747. The van der Waals surface area contributed by atoms with E-state index < -0.39 is 0 Å². The Kier molecular flexibility index (Phi) is 5.36. The fourth-order valence-corrected chi connectivity index (χ4v) is 3.08. The number of hydrogen-bond donors (Lipinski definition) is 0. The highest BCUT2D eigenvalue weighted by molar-refractivity contribution is 5.32. The molecule has 0 bridgehead atoms. The van der Waals surface area contributed by atoms with E-state index in [9.17, 15) is 0 Å². The molecule has 0 radical (unpaired) electrons. The standard InChI is InChI=1S/C19H22N4/c20-14-18-3-1-4-19(13-18)16-23-10-2-9-22(11-12-23)15-17-5-7-21-8-6-17/h1,3-8,13H,2,9-12,15-16H2. The summed E-state index contributed by atoms with van der Waals surface area (Å²) in [6.07, 6.45) is 4.91. The number of nitrogens with zero attached hydrogens (tertiary/aromatic N) is 4. The minimum Gasteiger partial charge on any atom is -0.298 e. The van der Waals surface area contributed by atoms with Gasteiger partial charge in [0.15, 0.2) is 0 Å². The lowest BCUT2D eigenvalue weighted by Crippen LogP contribution is -2.30. The highest BCUT2D eigenvalue weighted by atomic mass is 15.2. The second-order valence-electron chi connectivity index (χ2n) is 6.07. The van der Waals surface area contributed by atoms with E-state index in [4.69, 9.17) is 5.26 Å². The van der Waals surface area contributed by atoms with Gasteiger partial charge in [0.2, 0.25) is 0 Å². The lowest BCUT2D eigenvalue weighted by molar-refractivity contribution is 0.247. The average Bonchev–Trinajstić information content (AvgIpc) is 2.81. The van der Waals surface area contributed by atoms with E-state index in [0.717, 1.165) is 44.8 Å². The predicted molar refractivity (Wildman–Crippen MR) is 90.6 cm³/mol. The Morgan fingerprint density at radius 3 is 2.30 bits per heavy atom. The van der Waals surface area contributed by atoms with E-state index in [1.54, 1.807) is 0 Å². The normalized spacial score (nSPS) is 16.7. The molecule has 4 heteroatoms. The monoisotopic (exact) mass is 306 g/mol. The lowest BCUT2D eigenvalue weighted by atomic mass is 10.1. The highest BCUT2D eigenvalue weighted by Gasteiger charge is 2.15. The molecule has 1 aromatic heterocycles. The summed E-state index contributed by atoms with van der Waals surface area (Å²) in [7, 11) is 0. The van der Waals surface area contributed by atoms with Crippen LogP contribution in [0.2, 0.25) is 0 Å². The van der Waals surface area contributed by atoms with Crippen molar-refractivity contribution in [3.63, 3.8) is 0 Å². The van der Waals surface area contributed by atoms with Gasteiger partial charge < -0.3 is 0 Å². The zero-order valence-corrected chi connectivity index (χ0v) is 13.4. The van der Waals surface area contributed by atoms with Crippen molar-refractivity contribution < 1.29 is 0 Å². The van der Waals surface area contributed by atoms with Crippen LogP contribution >= 0.6 is 0 Å². The Hall–Kier alpha value is -2.22. The number of aromatic nitrogens is 1. The van der Waals surface area contributed by atoms with Crippen LogP contribution in [0.25, 0.3) is 0 Å². The Labute approximate surface area is 138 Å². The minimum absolute atomic E-state index is 0.747. The van der Waals surface area contributed by atoms with Gasteiger partial charge in [-0.2, -0.15) is 5.26 Å². The van der Waals surface area contributed by atoms with Gasteiger partial charge in [-0.05, 0) is 54.9 Å². The summed E-state index contributed by atoms with van der Waals surface area (Å²) in [4.78, 5) is 9.08. The maximum absolute atomic E-state index is 9.01. The van der Waals surface area contributed by atoms with Crippen LogP contribution in [-0.2, 0) is 13.1 Å². The Balaban J connectivity index is 1.55. The van der Waals surface area contributed by atoms with Crippen LogP contribution in [0.15, 0.2) is 48.8 Å². The Morgan fingerprint density at radius 1 is 0.913 bits per heavy atom. The fraction of sp³-hybridized carbons (Fsp3) is 0.368. The number of nitriles is 1. The van der Waals surface area contributed by atoms with Crippen molar-refractivity contribution in [1.29, 1.82) is 5.26 Å². The molecule has 0 N–H and O–H groups in total. The zero-order valence-electron chi connectivity index (χ0n) is 13.4. The summed E-state index contributed by atoms with van der Waals surface area (Å²) in [6.45, 7) is 6.34. The molecule has 2 aromatic rings. The molecule has 2 heterocycles. The third-order valence-electron chi connectivity index (χ3n) is 4.30. The molecule has 1 aromatic carbocycles. The van der Waals surface area contributed by atoms with Crippen LogP contribution in [0.3, 0.4) is 0 Å². The first-order valence-electron chi connectivity index (χ1n) is 8.16. The Bertz CT molecular complexity index is 663. The van der Waals surface area contributed by atoms with Gasteiger partial charge in [0.1, 0.15) is 0 Å². The van der Waals surface area contributed by atoms with Gasteiger partial charge in [0.25, 0.3) is 0 Å². The molecule has 0 aliphatic carbocycles. The number of hydrogen-bond acceptors (Lipinski definition) is 4. The van der Waals surface area contributed by atoms with Crippen LogP contribution in [0.4, 0.5) is 0 Å². The zero-order chi connectivity index (χ0) is 15.9. The molecule has 0 spiro atoms. The van der Waals surface area contributed by atoms with Crippen molar-refractivity contribution >= 4 is 0 Å². The first-order chi connectivity index (χ1) is 11.3. The molecule has 118 valence electrons. The molecule has 1 fully saturated rings. The van der Waals surface area contributed by atoms with E-state index in [1.165, 1.54) is 17.5 Å². The molecule has 3 rings (SSSR count). The molecular formula is C19H22N4. The van der Waals surface area contributed by atoms with Gasteiger partial charge in [-0.25, -0.2) is 0 Å². The van der Waals surface area contributed by atoms with Crippen molar-refractivity contribution in [3.05, 3.63) is 65.5 Å². The number of pyridine rings is 1.